The molecule has 0 bridgehead atoms. The highest BCUT2D eigenvalue weighted by molar-refractivity contribution is 7.08. The van der Waals surface area contributed by atoms with E-state index in [9.17, 15) is 0 Å². The van der Waals surface area contributed by atoms with Gasteiger partial charge in [-0.25, -0.2) is 4.98 Å². The zero-order chi connectivity index (χ0) is 11.6. The molecule has 0 saturated carbocycles. The number of rotatable bonds is 3. The van der Waals surface area contributed by atoms with Crippen molar-refractivity contribution in [1.82, 2.24) is 10.3 Å². The van der Waals surface area contributed by atoms with Gasteiger partial charge in [0.25, 0.3) is 0 Å². The molecule has 0 aliphatic heterocycles. The van der Waals surface area contributed by atoms with E-state index in [4.69, 9.17) is 4.42 Å². The van der Waals surface area contributed by atoms with Gasteiger partial charge in [0, 0.05) is 23.0 Å². The number of hydrogen-bond acceptors (Lipinski definition) is 4. The summed E-state index contributed by atoms with van der Waals surface area (Å²) < 4.78 is 5.43. The van der Waals surface area contributed by atoms with Gasteiger partial charge in [-0.3, -0.25) is 0 Å². The van der Waals surface area contributed by atoms with E-state index < -0.39 is 0 Å². The van der Waals surface area contributed by atoms with E-state index in [-0.39, 0.29) is 5.54 Å². The van der Waals surface area contributed by atoms with E-state index in [2.05, 4.69) is 31.1 Å². The largest absolute Gasteiger partial charge is 0.444 e. The Hall–Kier alpha value is -1.13. The number of thiophene rings is 1. The Morgan fingerprint density at radius 2 is 2.25 bits per heavy atom. The Morgan fingerprint density at radius 1 is 1.44 bits per heavy atom. The summed E-state index contributed by atoms with van der Waals surface area (Å²) in [6.45, 7) is 7.13. The van der Waals surface area contributed by atoms with Crippen LogP contribution in [0.25, 0.3) is 11.5 Å². The average molecular weight is 236 g/mol. The molecule has 0 aliphatic carbocycles. The third kappa shape index (κ3) is 2.93. The summed E-state index contributed by atoms with van der Waals surface area (Å²) in [7, 11) is 0. The van der Waals surface area contributed by atoms with Crippen LogP contribution < -0.4 is 5.32 Å². The lowest BCUT2D eigenvalue weighted by Crippen LogP contribution is -2.35. The molecule has 4 heteroatoms. The maximum Gasteiger partial charge on any atom is 0.227 e. The van der Waals surface area contributed by atoms with Crippen LogP contribution in [0, 0.1) is 0 Å². The van der Waals surface area contributed by atoms with Gasteiger partial charge in [-0.2, -0.15) is 11.3 Å². The summed E-state index contributed by atoms with van der Waals surface area (Å²) in [5, 5.41) is 7.43. The predicted molar refractivity (Wildman–Crippen MR) is 66.4 cm³/mol. The molecule has 0 spiro atoms. The normalized spacial score (nSPS) is 11.9. The molecule has 0 saturated heterocycles. The van der Waals surface area contributed by atoms with Crippen LogP contribution in [0.5, 0.6) is 0 Å². The summed E-state index contributed by atoms with van der Waals surface area (Å²) in [6.07, 6.45) is 1.71. The topological polar surface area (TPSA) is 38.1 Å². The molecule has 0 aliphatic rings. The first-order valence-electron chi connectivity index (χ1n) is 5.26. The van der Waals surface area contributed by atoms with Crippen LogP contribution in [0.3, 0.4) is 0 Å². The van der Waals surface area contributed by atoms with Crippen molar-refractivity contribution in [2.75, 3.05) is 0 Å². The first kappa shape index (κ1) is 11.4. The molecule has 1 N–H and O–H groups in total. The summed E-state index contributed by atoms with van der Waals surface area (Å²) in [6, 6.07) is 2.01. The van der Waals surface area contributed by atoms with E-state index in [1.165, 1.54) is 0 Å². The monoisotopic (exact) mass is 236 g/mol. The fraction of sp³-hybridized carbons (Fsp3) is 0.417. The molecule has 0 aromatic carbocycles. The lowest BCUT2D eigenvalue weighted by atomic mass is 10.1. The number of hydrogen-bond donors (Lipinski definition) is 1. The Morgan fingerprint density at radius 3 is 2.88 bits per heavy atom. The zero-order valence-electron chi connectivity index (χ0n) is 9.78. The van der Waals surface area contributed by atoms with Crippen molar-refractivity contribution in [2.24, 2.45) is 0 Å². The second kappa shape index (κ2) is 4.39. The highest BCUT2D eigenvalue weighted by Gasteiger charge is 2.11. The molecule has 0 fully saturated rings. The molecule has 0 radical (unpaired) electrons. The van der Waals surface area contributed by atoms with E-state index in [1.807, 2.05) is 16.8 Å². The van der Waals surface area contributed by atoms with Crippen molar-refractivity contribution in [2.45, 2.75) is 32.9 Å². The van der Waals surface area contributed by atoms with Gasteiger partial charge in [0.1, 0.15) is 6.26 Å². The highest BCUT2D eigenvalue weighted by Crippen LogP contribution is 2.21. The zero-order valence-corrected chi connectivity index (χ0v) is 10.6. The van der Waals surface area contributed by atoms with Crippen LogP contribution in [0.15, 0.2) is 27.5 Å². The van der Waals surface area contributed by atoms with Gasteiger partial charge in [0.15, 0.2) is 0 Å². The third-order valence-corrected chi connectivity index (χ3v) is 2.80. The molecule has 2 rings (SSSR count). The van der Waals surface area contributed by atoms with E-state index in [0.717, 1.165) is 17.8 Å². The van der Waals surface area contributed by atoms with Gasteiger partial charge in [-0.15, -0.1) is 0 Å². The van der Waals surface area contributed by atoms with E-state index >= 15 is 0 Å². The number of aromatic nitrogens is 1. The van der Waals surface area contributed by atoms with E-state index in [0.29, 0.717) is 5.89 Å². The summed E-state index contributed by atoms with van der Waals surface area (Å²) >= 11 is 1.65. The molecule has 86 valence electrons. The van der Waals surface area contributed by atoms with Crippen molar-refractivity contribution in [3.63, 3.8) is 0 Å². The highest BCUT2D eigenvalue weighted by atomic mass is 32.1. The molecule has 0 amide bonds. The van der Waals surface area contributed by atoms with Crippen LogP contribution in [-0.4, -0.2) is 10.5 Å². The van der Waals surface area contributed by atoms with Crippen LogP contribution in [0.2, 0.25) is 0 Å². The first-order chi connectivity index (χ1) is 7.54. The minimum Gasteiger partial charge on any atom is -0.444 e. The van der Waals surface area contributed by atoms with Gasteiger partial charge >= 0.3 is 0 Å². The van der Waals surface area contributed by atoms with Crippen LogP contribution >= 0.6 is 11.3 Å². The van der Waals surface area contributed by atoms with Crippen LogP contribution in [-0.2, 0) is 6.54 Å². The molecule has 0 unspecified atom stereocenters. The van der Waals surface area contributed by atoms with Crippen LogP contribution in [0.1, 0.15) is 26.5 Å². The number of oxazole rings is 1. The van der Waals surface area contributed by atoms with Crippen molar-refractivity contribution >= 4 is 11.3 Å². The maximum atomic E-state index is 5.43. The molecule has 2 aromatic rings. The fourth-order valence-electron chi connectivity index (χ4n) is 1.26. The molecule has 3 nitrogen and oxygen atoms in total. The lowest BCUT2D eigenvalue weighted by molar-refractivity contribution is 0.421. The molecule has 16 heavy (non-hydrogen) atoms. The third-order valence-electron chi connectivity index (χ3n) is 2.12. The van der Waals surface area contributed by atoms with Gasteiger partial charge < -0.3 is 9.73 Å². The van der Waals surface area contributed by atoms with E-state index in [1.54, 1.807) is 17.6 Å². The quantitative estimate of drug-likeness (QED) is 0.888. The summed E-state index contributed by atoms with van der Waals surface area (Å²) in [5.41, 5.74) is 2.09. The molecular formula is C12H16N2OS. The maximum absolute atomic E-state index is 5.43. The second-order valence-electron chi connectivity index (χ2n) is 4.76. The van der Waals surface area contributed by atoms with Crippen molar-refractivity contribution < 1.29 is 4.42 Å². The summed E-state index contributed by atoms with van der Waals surface area (Å²) in [4.78, 5) is 4.43. The Balaban J connectivity index is 2.03. The van der Waals surface area contributed by atoms with Crippen molar-refractivity contribution in [3.8, 4) is 11.5 Å². The average Bonchev–Trinajstić information content (AvgIpc) is 2.84. The number of nitrogens with one attached hydrogen (secondary N) is 1. The second-order valence-corrected chi connectivity index (χ2v) is 5.54. The van der Waals surface area contributed by atoms with Gasteiger partial charge in [-0.05, 0) is 32.2 Å². The molecule has 2 aromatic heterocycles. The molecular weight excluding hydrogens is 220 g/mol. The smallest absolute Gasteiger partial charge is 0.227 e. The number of nitrogens with zero attached hydrogens (tertiary/aromatic N) is 1. The standard InChI is InChI=1S/C12H16N2OS/c1-12(2,3)13-6-10-7-15-11(14-10)9-4-5-16-8-9/h4-5,7-8,13H,6H2,1-3H3. The Labute approximate surface area is 99.5 Å². The minimum atomic E-state index is 0.0987. The van der Waals surface area contributed by atoms with Gasteiger partial charge in [0.05, 0.1) is 5.69 Å². The van der Waals surface area contributed by atoms with Crippen molar-refractivity contribution in [3.05, 3.63) is 28.8 Å². The van der Waals surface area contributed by atoms with Gasteiger partial charge in [0.2, 0.25) is 5.89 Å². The SMILES string of the molecule is CC(C)(C)NCc1coc(-c2ccsc2)n1. The Bertz CT molecular complexity index is 440. The minimum absolute atomic E-state index is 0.0987. The predicted octanol–water partition coefficient (Wildman–Crippen LogP) is 3.29. The van der Waals surface area contributed by atoms with Crippen LogP contribution in [0.4, 0.5) is 0 Å². The van der Waals surface area contributed by atoms with Gasteiger partial charge in [-0.1, -0.05) is 0 Å². The molecule has 0 atom stereocenters. The Kier molecular flexibility index (Phi) is 3.12. The lowest BCUT2D eigenvalue weighted by Gasteiger charge is -2.19. The summed E-state index contributed by atoms with van der Waals surface area (Å²) in [5.74, 6) is 0.701. The first-order valence-corrected chi connectivity index (χ1v) is 6.21. The molecule has 2 heterocycles. The fourth-order valence-corrected chi connectivity index (χ4v) is 1.89. The van der Waals surface area contributed by atoms with Crippen molar-refractivity contribution in [1.29, 1.82) is 0 Å².